The molecule has 0 radical (unpaired) electrons. The van der Waals surface area contributed by atoms with Gasteiger partial charge in [0.2, 0.25) is 0 Å². The summed E-state index contributed by atoms with van der Waals surface area (Å²) < 4.78 is 17.2. The van der Waals surface area contributed by atoms with Gasteiger partial charge in [-0.2, -0.15) is 0 Å². The van der Waals surface area contributed by atoms with E-state index in [4.69, 9.17) is 25.8 Å². The first kappa shape index (κ1) is 22.9. The maximum Gasteiger partial charge on any atom is 0.409 e. The Hall–Kier alpha value is -2.78. The van der Waals surface area contributed by atoms with Crippen LogP contribution in [0.3, 0.4) is 0 Å². The molecule has 0 saturated carbocycles. The van der Waals surface area contributed by atoms with Gasteiger partial charge in [-0.1, -0.05) is 11.6 Å². The van der Waals surface area contributed by atoms with Crippen LogP contribution in [0.25, 0.3) is 11.4 Å². The largest absolute Gasteiger partial charge is 0.497 e. The lowest BCUT2D eigenvalue weighted by molar-refractivity contribution is 0.0614. The molecule has 10 heteroatoms. The molecule has 2 unspecified atom stereocenters. The number of amides is 1. The Kier molecular flexibility index (Phi) is 7.07. The number of hydrogen-bond acceptors (Lipinski definition) is 7. The van der Waals surface area contributed by atoms with Crippen molar-refractivity contribution >= 4 is 23.4 Å². The predicted octanol–water partition coefficient (Wildman–Crippen LogP) is 2.69. The van der Waals surface area contributed by atoms with Gasteiger partial charge in [0.25, 0.3) is 5.56 Å². The Morgan fingerprint density at radius 1 is 1.32 bits per heavy atom. The highest BCUT2D eigenvalue weighted by molar-refractivity contribution is 6.33. The summed E-state index contributed by atoms with van der Waals surface area (Å²) in [6.45, 7) is 4.86. The van der Waals surface area contributed by atoms with Gasteiger partial charge < -0.3 is 24.4 Å². The zero-order valence-electron chi connectivity index (χ0n) is 18.3. The number of aryl methyl sites for hydroxylation is 1. The van der Waals surface area contributed by atoms with Crippen LogP contribution in [-0.4, -0.2) is 66.6 Å². The lowest BCUT2D eigenvalue weighted by Crippen LogP contribution is -2.38. The maximum absolute atomic E-state index is 13.2. The molecule has 1 aliphatic heterocycles. The van der Waals surface area contributed by atoms with Crippen molar-refractivity contribution in [1.82, 2.24) is 14.5 Å². The molecule has 2 aromatic rings. The average Bonchev–Trinajstić information content (AvgIpc) is 3.16. The van der Waals surface area contributed by atoms with Crippen LogP contribution in [-0.2, 0) is 16.5 Å². The summed E-state index contributed by atoms with van der Waals surface area (Å²) in [4.78, 5) is 31.3. The molecule has 0 bridgehead atoms. The lowest BCUT2D eigenvalue weighted by Gasteiger charge is -2.22. The molecule has 0 aliphatic carbocycles. The highest BCUT2D eigenvalue weighted by Crippen LogP contribution is 2.30. The quantitative estimate of drug-likeness (QED) is 0.722. The summed E-state index contributed by atoms with van der Waals surface area (Å²) in [5, 5.41) is 3.68. The Balaban J connectivity index is 1.94. The predicted molar refractivity (Wildman–Crippen MR) is 118 cm³/mol. The number of carbonyl (C=O) groups excluding carboxylic acids is 1. The van der Waals surface area contributed by atoms with Gasteiger partial charge in [-0.15, -0.1) is 0 Å². The minimum atomic E-state index is -0.429. The number of rotatable bonds is 6. The van der Waals surface area contributed by atoms with E-state index in [1.54, 1.807) is 44.2 Å². The molecule has 3 rings (SSSR count). The van der Waals surface area contributed by atoms with Crippen molar-refractivity contribution in [2.24, 2.45) is 7.05 Å². The van der Waals surface area contributed by atoms with E-state index in [1.807, 2.05) is 6.92 Å². The van der Waals surface area contributed by atoms with E-state index < -0.39 is 6.09 Å². The van der Waals surface area contributed by atoms with Crippen molar-refractivity contribution < 1.29 is 19.0 Å². The van der Waals surface area contributed by atoms with Crippen LogP contribution in [0.15, 0.2) is 23.0 Å². The number of halogens is 1. The Bertz CT molecular complexity index is 1030. The number of nitrogens with one attached hydrogen (secondary N) is 1. The van der Waals surface area contributed by atoms with Gasteiger partial charge in [-0.3, -0.25) is 9.36 Å². The minimum Gasteiger partial charge on any atom is -0.497 e. The standard InChI is InChI=1S/C21H27ClN4O5/c1-6-31-17-11-26(21(28)30-5)10-16(17)24-18-12(2)23-19(25(3)20(18)27)14-8-7-13(29-4)9-15(14)22/h7-9,16-17,24H,6,10-11H2,1-5H3. The van der Waals surface area contributed by atoms with Crippen LogP contribution in [0.5, 0.6) is 5.75 Å². The van der Waals surface area contributed by atoms with Gasteiger partial charge in [0.15, 0.2) is 0 Å². The van der Waals surface area contributed by atoms with Crippen LogP contribution >= 0.6 is 11.6 Å². The second-order valence-electron chi connectivity index (χ2n) is 7.23. The maximum atomic E-state index is 13.2. The fourth-order valence-corrected chi connectivity index (χ4v) is 3.93. The van der Waals surface area contributed by atoms with E-state index in [-0.39, 0.29) is 17.7 Å². The summed E-state index contributed by atoms with van der Waals surface area (Å²) in [5.41, 5.74) is 1.26. The van der Waals surface area contributed by atoms with E-state index in [1.165, 1.54) is 11.7 Å². The van der Waals surface area contributed by atoms with E-state index in [2.05, 4.69) is 10.3 Å². The molecule has 1 saturated heterocycles. The van der Waals surface area contributed by atoms with Gasteiger partial charge in [0, 0.05) is 25.8 Å². The molecule has 2 heterocycles. The van der Waals surface area contributed by atoms with E-state index in [0.29, 0.717) is 53.2 Å². The smallest absolute Gasteiger partial charge is 0.409 e. The molecule has 1 aromatic carbocycles. The Labute approximate surface area is 185 Å². The number of anilines is 1. The van der Waals surface area contributed by atoms with Gasteiger partial charge in [-0.25, -0.2) is 9.78 Å². The monoisotopic (exact) mass is 450 g/mol. The molecular weight excluding hydrogens is 424 g/mol. The summed E-state index contributed by atoms with van der Waals surface area (Å²) in [6, 6.07) is 4.94. The molecule has 1 amide bonds. The van der Waals surface area contributed by atoms with Crippen LogP contribution in [0, 0.1) is 6.92 Å². The summed E-state index contributed by atoms with van der Waals surface area (Å²) >= 11 is 6.39. The second-order valence-corrected chi connectivity index (χ2v) is 7.63. The third-order valence-electron chi connectivity index (χ3n) is 5.30. The van der Waals surface area contributed by atoms with E-state index in [9.17, 15) is 9.59 Å². The molecule has 1 aromatic heterocycles. The number of hydrogen-bond donors (Lipinski definition) is 1. The summed E-state index contributed by atoms with van der Waals surface area (Å²) in [6.07, 6.45) is -0.704. The summed E-state index contributed by atoms with van der Waals surface area (Å²) in [7, 11) is 4.54. The number of likely N-dealkylation sites (tertiary alicyclic amines) is 1. The van der Waals surface area contributed by atoms with Crippen molar-refractivity contribution in [3.05, 3.63) is 39.3 Å². The van der Waals surface area contributed by atoms with Crippen molar-refractivity contribution in [3.8, 4) is 17.1 Å². The third kappa shape index (κ3) is 4.62. The normalized spacial score (nSPS) is 18.2. The van der Waals surface area contributed by atoms with Gasteiger partial charge in [-0.05, 0) is 32.0 Å². The van der Waals surface area contributed by atoms with E-state index >= 15 is 0 Å². The van der Waals surface area contributed by atoms with E-state index in [0.717, 1.165) is 0 Å². The van der Waals surface area contributed by atoms with Crippen molar-refractivity contribution in [2.45, 2.75) is 26.0 Å². The fraction of sp³-hybridized carbons (Fsp3) is 0.476. The van der Waals surface area contributed by atoms with Gasteiger partial charge in [0.05, 0.1) is 43.6 Å². The lowest BCUT2D eigenvalue weighted by atomic mass is 10.1. The summed E-state index contributed by atoms with van der Waals surface area (Å²) in [5.74, 6) is 1.07. The number of methoxy groups -OCH3 is 2. The molecule has 31 heavy (non-hydrogen) atoms. The van der Waals surface area contributed by atoms with Crippen molar-refractivity contribution in [3.63, 3.8) is 0 Å². The highest BCUT2D eigenvalue weighted by atomic mass is 35.5. The topological polar surface area (TPSA) is 94.9 Å². The fourth-order valence-electron chi connectivity index (χ4n) is 3.68. The molecule has 9 nitrogen and oxygen atoms in total. The highest BCUT2D eigenvalue weighted by Gasteiger charge is 2.37. The van der Waals surface area contributed by atoms with Gasteiger partial charge >= 0.3 is 6.09 Å². The average molecular weight is 451 g/mol. The first-order valence-corrected chi connectivity index (χ1v) is 10.3. The molecule has 168 valence electrons. The number of nitrogens with zero attached hydrogens (tertiary/aromatic N) is 3. The zero-order chi connectivity index (χ0) is 22.7. The number of aromatic nitrogens is 2. The number of carbonyl (C=O) groups is 1. The SMILES string of the molecule is CCOC1CN(C(=O)OC)CC1Nc1c(C)nc(-c2ccc(OC)cc2Cl)n(C)c1=O. The Morgan fingerprint density at radius 3 is 2.68 bits per heavy atom. The zero-order valence-corrected chi connectivity index (χ0v) is 19.0. The third-order valence-corrected chi connectivity index (χ3v) is 5.61. The van der Waals surface area contributed by atoms with Crippen LogP contribution in [0.2, 0.25) is 5.02 Å². The molecule has 1 N–H and O–H groups in total. The first-order valence-electron chi connectivity index (χ1n) is 9.93. The minimum absolute atomic E-state index is 0.249. The molecule has 1 aliphatic rings. The Morgan fingerprint density at radius 2 is 2.06 bits per heavy atom. The molecule has 0 spiro atoms. The molecular formula is C21H27ClN4O5. The van der Waals surface area contributed by atoms with Crippen LogP contribution < -0.4 is 15.6 Å². The first-order chi connectivity index (χ1) is 14.8. The van der Waals surface area contributed by atoms with Crippen LogP contribution in [0.1, 0.15) is 12.6 Å². The van der Waals surface area contributed by atoms with Crippen molar-refractivity contribution in [1.29, 1.82) is 0 Å². The molecule has 2 atom stereocenters. The molecule has 1 fully saturated rings. The van der Waals surface area contributed by atoms with Crippen molar-refractivity contribution in [2.75, 3.05) is 39.2 Å². The van der Waals surface area contributed by atoms with Gasteiger partial charge in [0.1, 0.15) is 17.3 Å². The number of ether oxygens (including phenoxy) is 3. The second kappa shape index (κ2) is 9.57. The van der Waals surface area contributed by atoms with Crippen LogP contribution in [0.4, 0.5) is 10.5 Å². The number of benzene rings is 1.